The molecule has 0 saturated heterocycles. The van der Waals surface area contributed by atoms with Gasteiger partial charge in [0.2, 0.25) is 5.91 Å². The molecule has 0 unspecified atom stereocenters. The van der Waals surface area contributed by atoms with Gasteiger partial charge in [0.1, 0.15) is 0 Å². The van der Waals surface area contributed by atoms with Crippen LogP contribution >= 0.6 is 11.3 Å². The van der Waals surface area contributed by atoms with Crippen molar-refractivity contribution in [1.82, 2.24) is 0 Å². The molecule has 0 aliphatic rings. The van der Waals surface area contributed by atoms with Gasteiger partial charge in [0.05, 0.1) is 6.42 Å². The molecule has 0 spiro atoms. The van der Waals surface area contributed by atoms with Crippen molar-refractivity contribution in [3.63, 3.8) is 0 Å². The lowest BCUT2D eigenvalue weighted by atomic mass is 10.1. The SMILES string of the molecule is Cc1ccc(CCCC(=O)Nc2ccccc2CC(=O)O)s1. The van der Waals surface area contributed by atoms with E-state index < -0.39 is 5.97 Å². The summed E-state index contributed by atoms with van der Waals surface area (Å²) >= 11 is 1.76. The number of aliphatic carboxylic acids is 1. The fourth-order valence-electron chi connectivity index (χ4n) is 2.21. The first-order chi connectivity index (χ1) is 10.5. The number of benzene rings is 1. The molecule has 4 nitrogen and oxygen atoms in total. The fraction of sp³-hybridized carbons (Fsp3) is 0.294. The molecule has 0 aliphatic carbocycles. The number of carboxylic acid groups (broad SMARTS) is 1. The van der Waals surface area contributed by atoms with Crippen LogP contribution in [0.4, 0.5) is 5.69 Å². The lowest BCUT2D eigenvalue weighted by molar-refractivity contribution is -0.136. The number of carboxylic acids is 1. The largest absolute Gasteiger partial charge is 0.481 e. The highest BCUT2D eigenvalue weighted by molar-refractivity contribution is 7.11. The Labute approximate surface area is 133 Å². The number of thiophene rings is 1. The number of carbonyl (C=O) groups is 2. The van der Waals surface area contributed by atoms with Crippen LogP contribution in [0.2, 0.25) is 0 Å². The number of nitrogens with one attached hydrogen (secondary N) is 1. The Balaban J connectivity index is 1.85. The highest BCUT2D eigenvalue weighted by atomic mass is 32.1. The first-order valence-corrected chi connectivity index (χ1v) is 8.01. The van der Waals surface area contributed by atoms with Crippen molar-refractivity contribution in [2.45, 2.75) is 32.6 Å². The maximum atomic E-state index is 12.0. The predicted molar refractivity (Wildman–Crippen MR) is 88.4 cm³/mol. The van der Waals surface area contributed by atoms with Crippen LogP contribution < -0.4 is 5.32 Å². The van der Waals surface area contributed by atoms with E-state index in [1.807, 2.05) is 0 Å². The first-order valence-electron chi connectivity index (χ1n) is 7.19. The molecule has 2 rings (SSSR count). The summed E-state index contributed by atoms with van der Waals surface area (Å²) in [5.74, 6) is -0.985. The Morgan fingerprint density at radius 3 is 2.64 bits per heavy atom. The van der Waals surface area contributed by atoms with E-state index in [1.54, 1.807) is 35.6 Å². The summed E-state index contributed by atoms with van der Waals surface area (Å²) < 4.78 is 0. The summed E-state index contributed by atoms with van der Waals surface area (Å²) in [6, 6.07) is 11.2. The molecule has 22 heavy (non-hydrogen) atoms. The third-order valence-corrected chi connectivity index (χ3v) is 4.32. The Hall–Kier alpha value is -2.14. The van der Waals surface area contributed by atoms with E-state index in [-0.39, 0.29) is 12.3 Å². The van der Waals surface area contributed by atoms with Crippen molar-refractivity contribution in [1.29, 1.82) is 0 Å². The van der Waals surface area contributed by atoms with Gasteiger partial charge >= 0.3 is 5.97 Å². The molecule has 2 aromatic rings. The van der Waals surface area contributed by atoms with Gasteiger partial charge in [-0.2, -0.15) is 0 Å². The van der Waals surface area contributed by atoms with Crippen molar-refractivity contribution in [2.24, 2.45) is 0 Å². The molecule has 0 saturated carbocycles. The first kappa shape index (κ1) is 16.2. The molecule has 2 N–H and O–H groups in total. The molecule has 1 aromatic heterocycles. The average molecular weight is 317 g/mol. The Bertz CT molecular complexity index is 663. The third kappa shape index (κ3) is 5.00. The second-order valence-electron chi connectivity index (χ2n) is 5.14. The minimum absolute atomic E-state index is 0.0777. The van der Waals surface area contributed by atoms with E-state index in [1.165, 1.54) is 9.75 Å². The van der Waals surface area contributed by atoms with E-state index >= 15 is 0 Å². The summed E-state index contributed by atoms with van der Waals surface area (Å²) in [7, 11) is 0. The van der Waals surface area contributed by atoms with Crippen molar-refractivity contribution >= 4 is 28.9 Å². The quantitative estimate of drug-likeness (QED) is 0.819. The molecule has 1 amide bonds. The normalized spacial score (nSPS) is 10.4. The van der Waals surface area contributed by atoms with Gasteiger partial charge in [-0.1, -0.05) is 18.2 Å². The molecule has 0 atom stereocenters. The summed E-state index contributed by atoms with van der Waals surface area (Å²) in [4.78, 5) is 25.4. The van der Waals surface area contributed by atoms with E-state index in [0.29, 0.717) is 17.7 Å². The van der Waals surface area contributed by atoms with Crippen LogP contribution in [0.25, 0.3) is 0 Å². The number of hydrogen-bond donors (Lipinski definition) is 2. The van der Waals surface area contributed by atoms with Crippen LogP contribution in [0.5, 0.6) is 0 Å². The van der Waals surface area contributed by atoms with Gasteiger partial charge in [0.15, 0.2) is 0 Å². The van der Waals surface area contributed by atoms with Gasteiger partial charge in [-0.05, 0) is 43.5 Å². The zero-order valence-corrected chi connectivity index (χ0v) is 13.3. The zero-order valence-electron chi connectivity index (χ0n) is 12.5. The van der Waals surface area contributed by atoms with Gasteiger partial charge < -0.3 is 10.4 Å². The van der Waals surface area contributed by atoms with Gasteiger partial charge in [-0.3, -0.25) is 9.59 Å². The number of para-hydroxylation sites is 1. The van der Waals surface area contributed by atoms with E-state index in [2.05, 4.69) is 24.4 Å². The molecule has 1 heterocycles. The molecular weight excluding hydrogens is 298 g/mol. The molecule has 1 aromatic carbocycles. The molecule has 0 bridgehead atoms. The lowest BCUT2D eigenvalue weighted by Gasteiger charge is -2.09. The summed E-state index contributed by atoms with van der Waals surface area (Å²) in [5.41, 5.74) is 1.21. The van der Waals surface area contributed by atoms with Crippen molar-refractivity contribution in [2.75, 3.05) is 5.32 Å². The third-order valence-electron chi connectivity index (χ3n) is 3.26. The summed E-state index contributed by atoms with van der Waals surface area (Å²) in [6.45, 7) is 2.07. The van der Waals surface area contributed by atoms with Crippen LogP contribution in [0, 0.1) is 6.92 Å². The van der Waals surface area contributed by atoms with Gasteiger partial charge in [-0.15, -0.1) is 11.3 Å². The summed E-state index contributed by atoms with van der Waals surface area (Å²) in [5, 5.41) is 11.7. The molecule has 0 fully saturated rings. The standard InChI is InChI=1S/C17H19NO3S/c1-12-9-10-14(22-12)6-4-8-16(19)18-15-7-3-2-5-13(15)11-17(20)21/h2-3,5,7,9-10H,4,6,8,11H2,1H3,(H,18,19)(H,20,21). The van der Waals surface area contributed by atoms with E-state index in [9.17, 15) is 9.59 Å². The topological polar surface area (TPSA) is 66.4 Å². The zero-order chi connectivity index (χ0) is 15.9. The van der Waals surface area contributed by atoms with E-state index in [4.69, 9.17) is 5.11 Å². The predicted octanol–water partition coefficient (Wildman–Crippen LogP) is 3.65. The smallest absolute Gasteiger partial charge is 0.307 e. The minimum atomic E-state index is -0.908. The fourth-order valence-corrected chi connectivity index (χ4v) is 3.15. The van der Waals surface area contributed by atoms with Crippen LogP contribution in [-0.2, 0) is 22.4 Å². The van der Waals surface area contributed by atoms with Crippen LogP contribution in [0.1, 0.15) is 28.2 Å². The number of aryl methyl sites for hydroxylation is 2. The second-order valence-corrected chi connectivity index (χ2v) is 6.51. The monoisotopic (exact) mass is 317 g/mol. The van der Waals surface area contributed by atoms with Gasteiger partial charge in [0, 0.05) is 21.9 Å². The average Bonchev–Trinajstić information content (AvgIpc) is 2.86. The van der Waals surface area contributed by atoms with E-state index in [0.717, 1.165) is 12.8 Å². The molecular formula is C17H19NO3S. The highest BCUT2D eigenvalue weighted by Gasteiger charge is 2.09. The number of rotatable bonds is 7. The Kier molecular flexibility index (Phi) is 5.72. The van der Waals surface area contributed by atoms with Crippen LogP contribution in [0.3, 0.4) is 0 Å². The number of anilines is 1. The molecule has 5 heteroatoms. The maximum Gasteiger partial charge on any atom is 0.307 e. The molecule has 116 valence electrons. The van der Waals surface area contributed by atoms with Crippen molar-refractivity contribution in [3.8, 4) is 0 Å². The highest BCUT2D eigenvalue weighted by Crippen LogP contribution is 2.19. The summed E-state index contributed by atoms with van der Waals surface area (Å²) in [6.07, 6.45) is 2.01. The Morgan fingerprint density at radius 2 is 1.95 bits per heavy atom. The number of carbonyl (C=O) groups excluding carboxylic acids is 1. The second kappa shape index (κ2) is 7.75. The van der Waals surface area contributed by atoms with Crippen molar-refractivity contribution in [3.05, 3.63) is 51.7 Å². The minimum Gasteiger partial charge on any atom is -0.481 e. The lowest BCUT2D eigenvalue weighted by Crippen LogP contribution is -2.14. The Morgan fingerprint density at radius 1 is 1.18 bits per heavy atom. The van der Waals surface area contributed by atoms with Crippen LogP contribution in [-0.4, -0.2) is 17.0 Å². The van der Waals surface area contributed by atoms with Gasteiger partial charge in [-0.25, -0.2) is 0 Å². The number of hydrogen-bond acceptors (Lipinski definition) is 3. The molecule has 0 aliphatic heterocycles. The van der Waals surface area contributed by atoms with Gasteiger partial charge in [0.25, 0.3) is 0 Å². The molecule has 0 radical (unpaired) electrons. The van der Waals surface area contributed by atoms with Crippen molar-refractivity contribution < 1.29 is 14.7 Å². The number of amides is 1. The van der Waals surface area contributed by atoms with Crippen LogP contribution in [0.15, 0.2) is 36.4 Å². The maximum absolute atomic E-state index is 12.0.